The van der Waals surface area contributed by atoms with Gasteiger partial charge >= 0.3 is 5.97 Å². The quantitative estimate of drug-likeness (QED) is 0.303. The molecular weight excluding hydrogens is 336 g/mol. The van der Waals surface area contributed by atoms with Crippen LogP contribution in [-0.2, 0) is 4.79 Å². The first-order valence-electron chi connectivity index (χ1n) is 9.55. The van der Waals surface area contributed by atoms with Gasteiger partial charge in [0, 0.05) is 0 Å². The molecule has 0 radical (unpaired) electrons. The summed E-state index contributed by atoms with van der Waals surface area (Å²) < 4.78 is 5.78. The molecule has 142 valence electrons. The highest BCUT2D eigenvalue weighted by Gasteiger charge is 2.09. The molecular formula is C24H28O3. The largest absolute Gasteiger partial charge is 0.494 e. The number of carbonyl (C=O) groups is 1. The topological polar surface area (TPSA) is 46.5 Å². The molecule has 0 atom stereocenters. The van der Waals surface area contributed by atoms with Crippen LogP contribution in [0.25, 0.3) is 16.7 Å². The van der Waals surface area contributed by atoms with Crippen LogP contribution in [0, 0.1) is 0 Å². The minimum atomic E-state index is -0.929. The van der Waals surface area contributed by atoms with E-state index in [2.05, 4.69) is 6.92 Å². The Hall–Kier alpha value is -2.81. The molecule has 2 rings (SSSR count). The highest BCUT2D eigenvalue weighted by atomic mass is 16.5. The van der Waals surface area contributed by atoms with Crippen molar-refractivity contribution < 1.29 is 14.6 Å². The molecule has 3 heteroatoms. The normalized spacial score (nSPS) is 11.7. The van der Waals surface area contributed by atoms with E-state index in [-0.39, 0.29) is 5.57 Å². The monoisotopic (exact) mass is 364 g/mol. The molecule has 0 aliphatic carbocycles. The second-order valence-corrected chi connectivity index (χ2v) is 6.42. The van der Waals surface area contributed by atoms with Crippen molar-refractivity contribution in [3.8, 4) is 16.9 Å². The lowest BCUT2D eigenvalue weighted by atomic mass is 10.00. The molecule has 1 N–H and O–H groups in total. The summed E-state index contributed by atoms with van der Waals surface area (Å²) in [5, 5.41) is 9.37. The van der Waals surface area contributed by atoms with Gasteiger partial charge in [-0.25, -0.2) is 4.79 Å². The Kier molecular flexibility index (Phi) is 8.37. The maximum absolute atomic E-state index is 11.4. The summed E-state index contributed by atoms with van der Waals surface area (Å²) in [5.74, 6) is -0.0457. The van der Waals surface area contributed by atoms with Gasteiger partial charge in [-0.2, -0.15) is 0 Å². The smallest absolute Gasteiger partial charge is 0.336 e. The zero-order chi connectivity index (χ0) is 19.5. The standard InChI is InChI=1S/C24H28O3/c1-3-5-7-8-18-27-22-16-14-20(15-17-22)19-10-12-21(13-11-19)23(24(25)26)9-6-4-2/h4,6,9-17H,3,5,7-8,18H2,1-2H3,(H,25,26). The Bertz CT molecular complexity index is 768. The number of carboxylic acid groups (broad SMARTS) is 1. The molecule has 0 bridgehead atoms. The Morgan fingerprint density at radius 1 is 0.963 bits per heavy atom. The van der Waals surface area contributed by atoms with Crippen LogP contribution in [0.15, 0.2) is 66.8 Å². The summed E-state index contributed by atoms with van der Waals surface area (Å²) in [6.07, 6.45) is 9.94. The molecule has 0 heterocycles. The van der Waals surface area contributed by atoms with Crippen molar-refractivity contribution in [2.24, 2.45) is 0 Å². The van der Waals surface area contributed by atoms with Crippen LogP contribution < -0.4 is 4.74 Å². The van der Waals surface area contributed by atoms with E-state index in [0.29, 0.717) is 5.56 Å². The molecule has 0 saturated heterocycles. The molecule has 2 aromatic carbocycles. The van der Waals surface area contributed by atoms with Gasteiger partial charge in [-0.15, -0.1) is 0 Å². The third-order valence-corrected chi connectivity index (χ3v) is 4.34. The van der Waals surface area contributed by atoms with E-state index in [1.165, 1.54) is 19.3 Å². The molecule has 0 aliphatic heterocycles. The first-order chi connectivity index (χ1) is 13.2. The molecule has 0 spiro atoms. The van der Waals surface area contributed by atoms with Crippen LogP contribution in [0.4, 0.5) is 0 Å². The Balaban J connectivity index is 2.03. The molecule has 27 heavy (non-hydrogen) atoms. The van der Waals surface area contributed by atoms with Gasteiger partial charge in [0.1, 0.15) is 5.75 Å². The molecule has 0 unspecified atom stereocenters. The van der Waals surface area contributed by atoms with Gasteiger partial charge in [0.2, 0.25) is 0 Å². The summed E-state index contributed by atoms with van der Waals surface area (Å²) in [7, 11) is 0. The predicted molar refractivity (Wildman–Crippen MR) is 112 cm³/mol. The van der Waals surface area contributed by atoms with Gasteiger partial charge in [0.25, 0.3) is 0 Å². The second-order valence-electron chi connectivity index (χ2n) is 6.42. The SMILES string of the molecule is CC=CC=C(C(=O)O)c1ccc(-c2ccc(OCCCCCC)cc2)cc1. The average molecular weight is 364 g/mol. The van der Waals surface area contributed by atoms with Crippen molar-refractivity contribution >= 4 is 11.5 Å². The van der Waals surface area contributed by atoms with Crippen LogP contribution in [-0.4, -0.2) is 17.7 Å². The van der Waals surface area contributed by atoms with E-state index in [1.807, 2.05) is 61.5 Å². The number of unbranched alkanes of at least 4 members (excludes halogenated alkanes) is 3. The summed E-state index contributed by atoms with van der Waals surface area (Å²) in [6.45, 7) is 4.81. The van der Waals surface area contributed by atoms with Crippen LogP contribution in [0.3, 0.4) is 0 Å². The van der Waals surface area contributed by atoms with Gasteiger partial charge < -0.3 is 9.84 Å². The number of rotatable bonds is 10. The second kappa shape index (κ2) is 11.0. The molecule has 0 aliphatic rings. The summed E-state index contributed by atoms with van der Waals surface area (Å²) >= 11 is 0. The van der Waals surface area contributed by atoms with Crippen molar-refractivity contribution in [3.63, 3.8) is 0 Å². The highest BCUT2D eigenvalue weighted by molar-refractivity contribution is 6.15. The number of hydrogen-bond acceptors (Lipinski definition) is 2. The van der Waals surface area contributed by atoms with Crippen LogP contribution >= 0.6 is 0 Å². The molecule has 0 amide bonds. The lowest BCUT2D eigenvalue weighted by molar-refractivity contribution is -0.130. The zero-order valence-electron chi connectivity index (χ0n) is 16.2. The van der Waals surface area contributed by atoms with E-state index < -0.39 is 5.97 Å². The first kappa shape index (κ1) is 20.5. The minimum absolute atomic E-state index is 0.284. The van der Waals surface area contributed by atoms with Crippen LogP contribution in [0.2, 0.25) is 0 Å². The Morgan fingerprint density at radius 3 is 2.15 bits per heavy atom. The van der Waals surface area contributed by atoms with Crippen molar-refractivity contribution in [2.75, 3.05) is 6.61 Å². The highest BCUT2D eigenvalue weighted by Crippen LogP contribution is 2.25. The van der Waals surface area contributed by atoms with Gasteiger partial charge in [-0.05, 0) is 48.2 Å². The number of ether oxygens (including phenoxy) is 1. The number of benzene rings is 2. The number of allylic oxidation sites excluding steroid dienone is 3. The van der Waals surface area contributed by atoms with Crippen molar-refractivity contribution in [3.05, 3.63) is 72.3 Å². The third-order valence-electron chi connectivity index (χ3n) is 4.34. The third kappa shape index (κ3) is 6.45. The maximum atomic E-state index is 11.4. The Labute approximate surface area is 162 Å². The minimum Gasteiger partial charge on any atom is -0.494 e. The van der Waals surface area contributed by atoms with E-state index in [0.717, 1.165) is 29.9 Å². The van der Waals surface area contributed by atoms with E-state index in [1.54, 1.807) is 12.2 Å². The lowest BCUT2D eigenvalue weighted by Crippen LogP contribution is -1.99. The summed E-state index contributed by atoms with van der Waals surface area (Å²) in [6, 6.07) is 15.6. The molecule has 0 aromatic heterocycles. The summed E-state index contributed by atoms with van der Waals surface area (Å²) in [4.78, 5) is 11.4. The molecule has 0 saturated carbocycles. The maximum Gasteiger partial charge on any atom is 0.336 e. The van der Waals surface area contributed by atoms with E-state index >= 15 is 0 Å². The van der Waals surface area contributed by atoms with Gasteiger partial charge in [-0.1, -0.05) is 74.7 Å². The van der Waals surface area contributed by atoms with Gasteiger partial charge in [0.15, 0.2) is 0 Å². The van der Waals surface area contributed by atoms with Crippen LogP contribution in [0.1, 0.15) is 45.1 Å². The fraction of sp³-hybridized carbons (Fsp3) is 0.292. The summed E-state index contributed by atoms with van der Waals surface area (Å²) in [5.41, 5.74) is 3.10. The first-order valence-corrected chi connectivity index (χ1v) is 9.55. The van der Waals surface area contributed by atoms with Crippen molar-refractivity contribution in [1.82, 2.24) is 0 Å². The fourth-order valence-electron chi connectivity index (χ4n) is 2.79. The van der Waals surface area contributed by atoms with E-state index in [4.69, 9.17) is 4.74 Å². The number of hydrogen-bond donors (Lipinski definition) is 1. The van der Waals surface area contributed by atoms with Gasteiger partial charge in [-0.3, -0.25) is 0 Å². The molecule has 0 fully saturated rings. The van der Waals surface area contributed by atoms with Crippen molar-refractivity contribution in [2.45, 2.75) is 39.5 Å². The van der Waals surface area contributed by atoms with Crippen LogP contribution in [0.5, 0.6) is 5.75 Å². The molecule has 3 nitrogen and oxygen atoms in total. The lowest BCUT2D eigenvalue weighted by Gasteiger charge is -2.08. The Morgan fingerprint density at radius 2 is 1.59 bits per heavy atom. The molecule has 2 aromatic rings. The predicted octanol–water partition coefficient (Wildman–Crippen LogP) is 6.36. The average Bonchev–Trinajstić information content (AvgIpc) is 2.69. The van der Waals surface area contributed by atoms with Gasteiger partial charge in [0.05, 0.1) is 12.2 Å². The fourth-order valence-corrected chi connectivity index (χ4v) is 2.79. The zero-order valence-corrected chi connectivity index (χ0v) is 16.2. The van der Waals surface area contributed by atoms with E-state index in [9.17, 15) is 9.90 Å². The number of aliphatic carboxylic acids is 1. The number of carboxylic acids is 1. The van der Waals surface area contributed by atoms with Crippen molar-refractivity contribution in [1.29, 1.82) is 0 Å².